The van der Waals surface area contributed by atoms with Crippen molar-refractivity contribution < 1.29 is 4.74 Å². The van der Waals surface area contributed by atoms with Crippen LogP contribution >= 0.6 is 0 Å². The van der Waals surface area contributed by atoms with Crippen molar-refractivity contribution in [3.63, 3.8) is 0 Å². The fourth-order valence-electron chi connectivity index (χ4n) is 2.89. The topological polar surface area (TPSA) is 21.3 Å². The molecule has 0 aliphatic heterocycles. The van der Waals surface area contributed by atoms with E-state index in [1.54, 1.807) is 7.11 Å². The molecule has 1 aromatic carbocycles. The summed E-state index contributed by atoms with van der Waals surface area (Å²) in [7, 11) is 1.74. The van der Waals surface area contributed by atoms with E-state index in [-0.39, 0.29) is 0 Å². The number of hydrogen-bond acceptors (Lipinski definition) is 2. The van der Waals surface area contributed by atoms with E-state index in [9.17, 15) is 0 Å². The van der Waals surface area contributed by atoms with Gasteiger partial charge in [-0.05, 0) is 60.8 Å². The van der Waals surface area contributed by atoms with Gasteiger partial charge in [0.05, 0.1) is 7.11 Å². The van der Waals surface area contributed by atoms with Crippen LogP contribution in [0.1, 0.15) is 49.8 Å². The summed E-state index contributed by atoms with van der Waals surface area (Å²) >= 11 is 0. The van der Waals surface area contributed by atoms with Gasteiger partial charge in [0.2, 0.25) is 0 Å². The zero-order chi connectivity index (χ0) is 12.6. The lowest BCUT2D eigenvalue weighted by Crippen LogP contribution is -2.29. The number of rotatable bonds is 4. The molecule has 0 amide bonds. The van der Waals surface area contributed by atoms with E-state index in [0.717, 1.165) is 5.75 Å². The Morgan fingerprint density at radius 2 is 2.22 bits per heavy atom. The van der Waals surface area contributed by atoms with Gasteiger partial charge in [-0.25, -0.2) is 0 Å². The molecule has 0 bridgehead atoms. The third-order valence-corrected chi connectivity index (χ3v) is 4.54. The second kappa shape index (κ2) is 4.58. The maximum atomic E-state index is 5.32. The summed E-state index contributed by atoms with van der Waals surface area (Å²) in [6, 6.07) is 7.11. The van der Waals surface area contributed by atoms with Gasteiger partial charge in [-0.1, -0.05) is 13.0 Å². The zero-order valence-electron chi connectivity index (χ0n) is 11.5. The van der Waals surface area contributed by atoms with Crippen molar-refractivity contribution >= 4 is 0 Å². The molecular weight excluding hydrogens is 222 g/mol. The lowest BCUT2D eigenvalue weighted by atomic mass is 9.87. The number of nitrogens with one attached hydrogen (secondary N) is 1. The molecule has 1 unspecified atom stereocenters. The average Bonchev–Trinajstić information content (AvgIpc) is 3.14. The first kappa shape index (κ1) is 12.0. The molecule has 3 rings (SSSR count). The summed E-state index contributed by atoms with van der Waals surface area (Å²) in [6.07, 6.45) is 6.54. The molecule has 2 nitrogen and oxygen atoms in total. The maximum absolute atomic E-state index is 5.32. The molecule has 1 saturated carbocycles. The van der Waals surface area contributed by atoms with Gasteiger partial charge in [-0.15, -0.1) is 0 Å². The van der Waals surface area contributed by atoms with E-state index in [1.165, 1.54) is 49.8 Å². The highest BCUT2D eigenvalue weighted by Crippen LogP contribution is 2.45. The molecule has 0 aromatic heterocycles. The summed E-state index contributed by atoms with van der Waals surface area (Å²) in [5, 5.41) is 3.78. The molecule has 2 aliphatic rings. The molecule has 0 heterocycles. The Balaban J connectivity index is 1.74. The minimum absolute atomic E-state index is 0.553. The van der Waals surface area contributed by atoms with E-state index in [4.69, 9.17) is 4.74 Å². The summed E-state index contributed by atoms with van der Waals surface area (Å²) in [4.78, 5) is 0. The number of hydrogen-bond donors (Lipinski definition) is 1. The maximum Gasteiger partial charge on any atom is 0.119 e. The van der Waals surface area contributed by atoms with Crippen LogP contribution in [0.4, 0.5) is 0 Å². The lowest BCUT2D eigenvalue weighted by molar-refractivity contribution is 0.397. The van der Waals surface area contributed by atoms with Crippen LogP contribution in [0.25, 0.3) is 0 Å². The number of methoxy groups -OCH3 is 1. The Kier molecular flexibility index (Phi) is 3.06. The van der Waals surface area contributed by atoms with Crippen LogP contribution in [-0.2, 0) is 6.42 Å². The Morgan fingerprint density at radius 1 is 1.39 bits per heavy atom. The summed E-state index contributed by atoms with van der Waals surface area (Å²) < 4.78 is 5.32. The predicted octanol–water partition coefficient (Wildman–Crippen LogP) is 3.46. The Hall–Kier alpha value is -1.02. The largest absolute Gasteiger partial charge is 0.497 e. The fourth-order valence-corrected chi connectivity index (χ4v) is 2.89. The zero-order valence-corrected chi connectivity index (χ0v) is 11.5. The third-order valence-electron chi connectivity index (χ3n) is 4.54. The van der Waals surface area contributed by atoms with Crippen LogP contribution < -0.4 is 10.1 Å². The first-order chi connectivity index (χ1) is 8.70. The SMILES string of the molecule is COc1ccc2c(c1)CCCC2NCC1(C)CC1. The first-order valence-electron chi connectivity index (χ1n) is 7.10. The van der Waals surface area contributed by atoms with Gasteiger partial charge in [0, 0.05) is 12.6 Å². The van der Waals surface area contributed by atoms with Gasteiger partial charge in [0.1, 0.15) is 5.75 Å². The molecule has 18 heavy (non-hydrogen) atoms. The molecule has 0 saturated heterocycles. The molecule has 0 radical (unpaired) electrons. The van der Waals surface area contributed by atoms with Gasteiger partial charge < -0.3 is 10.1 Å². The van der Waals surface area contributed by atoms with Gasteiger partial charge >= 0.3 is 0 Å². The molecule has 1 N–H and O–H groups in total. The molecule has 2 aliphatic carbocycles. The highest BCUT2D eigenvalue weighted by Gasteiger charge is 2.37. The van der Waals surface area contributed by atoms with Crippen LogP contribution in [0.3, 0.4) is 0 Å². The Labute approximate surface area is 110 Å². The smallest absolute Gasteiger partial charge is 0.119 e. The van der Waals surface area contributed by atoms with E-state index in [2.05, 4.69) is 30.4 Å². The molecule has 1 atom stereocenters. The molecule has 1 fully saturated rings. The lowest BCUT2D eigenvalue weighted by Gasteiger charge is -2.28. The van der Waals surface area contributed by atoms with Crippen molar-refractivity contribution in [1.82, 2.24) is 5.32 Å². The number of benzene rings is 1. The van der Waals surface area contributed by atoms with Crippen molar-refractivity contribution in [3.8, 4) is 5.75 Å². The first-order valence-corrected chi connectivity index (χ1v) is 7.10. The highest BCUT2D eigenvalue weighted by atomic mass is 16.5. The van der Waals surface area contributed by atoms with Crippen molar-refractivity contribution in [2.45, 2.75) is 45.1 Å². The normalized spacial score (nSPS) is 24.4. The van der Waals surface area contributed by atoms with E-state index >= 15 is 0 Å². The highest BCUT2D eigenvalue weighted by molar-refractivity contribution is 5.39. The summed E-state index contributed by atoms with van der Waals surface area (Å²) in [5.74, 6) is 0.989. The summed E-state index contributed by atoms with van der Waals surface area (Å²) in [5.41, 5.74) is 3.55. The molecular formula is C16H23NO. The molecule has 2 heteroatoms. The minimum atomic E-state index is 0.553. The van der Waals surface area contributed by atoms with Crippen molar-refractivity contribution in [1.29, 1.82) is 0 Å². The molecule has 0 spiro atoms. The predicted molar refractivity (Wildman–Crippen MR) is 74.0 cm³/mol. The van der Waals surface area contributed by atoms with Crippen LogP contribution in [0.2, 0.25) is 0 Å². The van der Waals surface area contributed by atoms with Crippen LogP contribution in [0, 0.1) is 5.41 Å². The molecule has 98 valence electrons. The van der Waals surface area contributed by atoms with Crippen molar-refractivity contribution in [2.75, 3.05) is 13.7 Å². The van der Waals surface area contributed by atoms with E-state index in [1.807, 2.05) is 0 Å². The number of aryl methyl sites for hydroxylation is 1. The number of ether oxygens (including phenoxy) is 1. The number of fused-ring (bicyclic) bond motifs is 1. The summed E-state index contributed by atoms with van der Waals surface area (Å²) in [6.45, 7) is 3.56. The monoisotopic (exact) mass is 245 g/mol. The third kappa shape index (κ3) is 2.39. The second-order valence-electron chi connectivity index (χ2n) is 6.20. The van der Waals surface area contributed by atoms with Crippen LogP contribution in [0.15, 0.2) is 18.2 Å². The van der Waals surface area contributed by atoms with Crippen molar-refractivity contribution in [3.05, 3.63) is 29.3 Å². The van der Waals surface area contributed by atoms with Gasteiger partial charge in [0.15, 0.2) is 0 Å². The van der Waals surface area contributed by atoms with Gasteiger partial charge in [0.25, 0.3) is 0 Å². The Morgan fingerprint density at radius 3 is 2.94 bits per heavy atom. The van der Waals surface area contributed by atoms with Crippen LogP contribution in [0.5, 0.6) is 5.75 Å². The van der Waals surface area contributed by atoms with Crippen molar-refractivity contribution in [2.24, 2.45) is 5.41 Å². The van der Waals surface area contributed by atoms with Gasteiger partial charge in [-0.3, -0.25) is 0 Å². The molecule has 1 aromatic rings. The van der Waals surface area contributed by atoms with E-state index in [0.29, 0.717) is 11.5 Å². The minimum Gasteiger partial charge on any atom is -0.497 e. The average molecular weight is 245 g/mol. The van der Waals surface area contributed by atoms with E-state index < -0.39 is 0 Å². The van der Waals surface area contributed by atoms with Gasteiger partial charge in [-0.2, -0.15) is 0 Å². The Bertz CT molecular complexity index is 437. The quantitative estimate of drug-likeness (QED) is 0.877. The van der Waals surface area contributed by atoms with Crippen LogP contribution in [-0.4, -0.2) is 13.7 Å². The fraction of sp³-hybridized carbons (Fsp3) is 0.625. The second-order valence-corrected chi connectivity index (χ2v) is 6.20. The standard InChI is InChI=1S/C16H23NO/c1-16(8-9-16)11-17-15-5-3-4-12-10-13(18-2)6-7-14(12)15/h6-7,10,15,17H,3-5,8-9,11H2,1-2H3.